The monoisotopic (exact) mass is 410 g/mol. The number of nitriles is 2. The number of thioether (sulfide) groups is 1. The van der Waals surface area contributed by atoms with Crippen molar-refractivity contribution >= 4 is 17.7 Å². The van der Waals surface area contributed by atoms with Gasteiger partial charge in [-0.25, -0.2) is 4.98 Å². The summed E-state index contributed by atoms with van der Waals surface area (Å²) in [5, 5.41) is 18.0. The van der Waals surface area contributed by atoms with Crippen LogP contribution < -0.4 is 0 Å². The van der Waals surface area contributed by atoms with Crippen molar-refractivity contribution in [1.82, 2.24) is 9.88 Å². The van der Waals surface area contributed by atoms with Gasteiger partial charge >= 0.3 is 6.18 Å². The third-order valence-corrected chi connectivity index (χ3v) is 6.10. The quantitative estimate of drug-likeness (QED) is 0.685. The van der Waals surface area contributed by atoms with E-state index < -0.39 is 28.1 Å². The third kappa shape index (κ3) is 4.41. The molecule has 1 fully saturated rings. The van der Waals surface area contributed by atoms with Crippen molar-refractivity contribution in [3.8, 4) is 12.1 Å². The molecule has 1 amide bonds. The predicted molar refractivity (Wildman–Crippen MR) is 98.2 cm³/mol. The van der Waals surface area contributed by atoms with Gasteiger partial charge in [-0.3, -0.25) is 4.79 Å². The van der Waals surface area contributed by atoms with E-state index in [1.807, 2.05) is 0 Å². The number of halogens is 3. The Kier molecular flexibility index (Phi) is 6.61. The smallest absolute Gasteiger partial charge is 0.326 e. The number of carbonyl (C=O) groups excluding carboxylic acids is 1. The maximum Gasteiger partial charge on any atom is 0.417 e. The lowest BCUT2D eigenvalue weighted by molar-refractivity contribution is -0.138. The van der Waals surface area contributed by atoms with Crippen LogP contribution in [0.4, 0.5) is 13.2 Å². The lowest BCUT2D eigenvalue weighted by atomic mass is 9.81. The van der Waals surface area contributed by atoms with Gasteiger partial charge in [0.05, 0.1) is 22.4 Å². The van der Waals surface area contributed by atoms with Crippen LogP contribution in [0.25, 0.3) is 0 Å². The fraction of sp³-hybridized carbons (Fsp3) is 0.579. The van der Waals surface area contributed by atoms with Gasteiger partial charge in [0.1, 0.15) is 16.6 Å². The molecule has 5 nitrogen and oxygen atoms in total. The molecule has 150 valence electrons. The second kappa shape index (κ2) is 8.40. The summed E-state index contributed by atoms with van der Waals surface area (Å²) in [4.78, 5) is 18.4. The molecule has 1 atom stereocenters. The largest absolute Gasteiger partial charge is 0.417 e. The number of carbonyl (C=O) groups is 1. The molecular weight excluding hydrogens is 389 g/mol. The van der Waals surface area contributed by atoms with Crippen molar-refractivity contribution in [2.45, 2.75) is 67.9 Å². The molecule has 0 spiro atoms. The van der Waals surface area contributed by atoms with Crippen molar-refractivity contribution in [2.75, 3.05) is 7.05 Å². The van der Waals surface area contributed by atoms with Crippen LogP contribution in [-0.4, -0.2) is 33.6 Å². The Morgan fingerprint density at radius 2 is 1.93 bits per heavy atom. The first kappa shape index (κ1) is 22.0. The Hall–Kier alpha value is -2.26. The van der Waals surface area contributed by atoms with Crippen LogP contribution in [0.3, 0.4) is 0 Å². The van der Waals surface area contributed by atoms with Crippen molar-refractivity contribution in [3.05, 3.63) is 22.9 Å². The van der Waals surface area contributed by atoms with Gasteiger partial charge in [0.15, 0.2) is 0 Å². The Morgan fingerprint density at radius 1 is 1.32 bits per heavy atom. The first-order valence-electron chi connectivity index (χ1n) is 8.90. The Bertz CT molecular complexity index is 835. The SMILES string of the molecule is Cc1cc(C(F)(F)F)c(C#N)c(S[C@@H](C)C(=O)N(C)C2(C#N)CCCCC2)n1. The summed E-state index contributed by atoms with van der Waals surface area (Å²) in [5.74, 6) is -0.366. The minimum Gasteiger partial charge on any atom is -0.326 e. The number of hydrogen-bond acceptors (Lipinski definition) is 5. The lowest BCUT2D eigenvalue weighted by Gasteiger charge is -2.40. The average molecular weight is 410 g/mol. The lowest BCUT2D eigenvalue weighted by Crippen LogP contribution is -2.52. The first-order chi connectivity index (χ1) is 13.1. The zero-order valence-corrected chi connectivity index (χ0v) is 16.7. The normalized spacial score (nSPS) is 17.3. The molecule has 0 saturated heterocycles. The summed E-state index contributed by atoms with van der Waals surface area (Å²) in [6, 6.07) is 4.66. The molecular formula is C19H21F3N4OS. The van der Waals surface area contributed by atoms with Gasteiger partial charge in [-0.15, -0.1) is 0 Å². The van der Waals surface area contributed by atoms with E-state index in [4.69, 9.17) is 0 Å². The summed E-state index contributed by atoms with van der Waals surface area (Å²) < 4.78 is 39.8. The summed E-state index contributed by atoms with van der Waals surface area (Å²) in [5.41, 5.74) is -2.42. The highest BCUT2D eigenvalue weighted by Crippen LogP contribution is 2.38. The number of rotatable bonds is 4. The number of hydrogen-bond donors (Lipinski definition) is 0. The van der Waals surface area contributed by atoms with E-state index in [1.165, 1.54) is 11.8 Å². The van der Waals surface area contributed by atoms with Gasteiger partial charge in [-0.1, -0.05) is 31.0 Å². The zero-order valence-electron chi connectivity index (χ0n) is 15.9. The molecule has 1 aromatic rings. The Balaban J connectivity index is 2.31. The van der Waals surface area contributed by atoms with E-state index in [0.29, 0.717) is 12.8 Å². The van der Waals surface area contributed by atoms with Crippen LogP contribution in [0.2, 0.25) is 0 Å². The zero-order chi connectivity index (χ0) is 21.1. The van der Waals surface area contributed by atoms with Crippen LogP contribution in [0.15, 0.2) is 11.1 Å². The van der Waals surface area contributed by atoms with Gasteiger partial charge in [0.2, 0.25) is 5.91 Å². The summed E-state index contributed by atoms with van der Waals surface area (Å²) in [6.45, 7) is 2.96. The highest BCUT2D eigenvalue weighted by atomic mass is 32.2. The highest BCUT2D eigenvalue weighted by Gasteiger charge is 2.41. The van der Waals surface area contributed by atoms with Gasteiger partial charge in [-0.05, 0) is 32.8 Å². The van der Waals surface area contributed by atoms with Crippen molar-refractivity contribution in [2.24, 2.45) is 0 Å². The second-order valence-electron chi connectivity index (χ2n) is 6.96. The summed E-state index contributed by atoms with van der Waals surface area (Å²) in [7, 11) is 1.56. The van der Waals surface area contributed by atoms with E-state index >= 15 is 0 Å². The molecule has 28 heavy (non-hydrogen) atoms. The van der Waals surface area contributed by atoms with E-state index in [9.17, 15) is 28.5 Å². The van der Waals surface area contributed by atoms with Crippen molar-refractivity contribution in [1.29, 1.82) is 10.5 Å². The molecule has 0 unspecified atom stereocenters. The van der Waals surface area contributed by atoms with Crippen LogP contribution in [-0.2, 0) is 11.0 Å². The molecule has 1 saturated carbocycles. The van der Waals surface area contributed by atoms with Crippen LogP contribution in [0.1, 0.15) is 55.8 Å². The molecule has 9 heteroatoms. The van der Waals surface area contributed by atoms with E-state index in [2.05, 4.69) is 11.1 Å². The molecule has 1 heterocycles. The van der Waals surface area contributed by atoms with Gasteiger partial charge < -0.3 is 4.90 Å². The molecule has 0 radical (unpaired) electrons. The number of alkyl halides is 3. The molecule has 0 bridgehead atoms. The van der Waals surface area contributed by atoms with Gasteiger partial charge in [-0.2, -0.15) is 23.7 Å². The molecule has 1 aromatic heterocycles. The summed E-state index contributed by atoms with van der Waals surface area (Å²) >= 11 is 0.815. The molecule has 2 rings (SSSR count). The van der Waals surface area contributed by atoms with E-state index in [-0.39, 0.29) is 16.6 Å². The van der Waals surface area contributed by atoms with Crippen LogP contribution >= 0.6 is 11.8 Å². The van der Waals surface area contributed by atoms with Gasteiger partial charge in [0, 0.05) is 12.7 Å². The van der Waals surface area contributed by atoms with Crippen LogP contribution in [0, 0.1) is 29.6 Å². The predicted octanol–water partition coefficient (Wildman–Crippen LogP) is 4.45. The standard InChI is InChI=1S/C19H21F3N4OS/c1-12-9-15(19(20,21)22)14(10-23)16(25-12)28-13(2)17(27)26(3)18(11-24)7-5-4-6-8-18/h9,13H,4-8H2,1-3H3/t13-/m0/s1. The van der Waals surface area contributed by atoms with Crippen molar-refractivity contribution < 1.29 is 18.0 Å². The number of nitrogens with zero attached hydrogens (tertiary/aromatic N) is 4. The molecule has 1 aliphatic rings. The number of pyridine rings is 1. The molecule has 0 aromatic carbocycles. The van der Waals surface area contributed by atoms with Crippen LogP contribution in [0.5, 0.6) is 0 Å². The topological polar surface area (TPSA) is 80.8 Å². The Labute approximate surface area is 166 Å². The maximum absolute atomic E-state index is 13.3. The highest BCUT2D eigenvalue weighted by molar-refractivity contribution is 8.00. The number of amides is 1. The minimum atomic E-state index is -4.69. The summed E-state index contributed by atoms with van der Waals surface area (Å²) in [6.07, 6.45) is -0.833. The van der Waals surface area contributed by atoms with E-state index in [0.717, 1.165) is 37.1 Å². The third-order valence-electron chi connectivity index (χ3n) is 5.03. The van der Waals surface area contributed by atoms with E-state index in [1.54, 1.807) is 20.0 Å². The number of aryl methyl sites for hydroxylation is 1. The Morgan fingerprint density at radius 3 is 2.43 bits per heavy atom. The fourth-order valence-electron chi connectivity index (χ4n) is 3.42. The minimum absolute atomic E-state index is 0.114. The maximum atomic E-state index is 13.3. The molecule has 0 aliphatic heterocycles. The first-order valence-corrected chi connectivity index (χ1v) is 9.78. The number of aromatic nitrogens is 1. The van der Waals surface area contributed by atoms with Crippen molar-refractivity contribution in [3.63, 3.8) is 0 Å². The fourth-order valence-corrected chi connectivity index (χ4v) is 4.49. The second-order valence-corrected chi connectivity index (χ2v) is 8.29. The molecule has 1 aliphatic carbocycles. The van der Waals surface area contributed by atoms with Gasteiger partial charge in [0.25, 0.3) is 0 Å². The molecule has 0 N–H and O–H groups in total. The average Bonchev–Trinajstić information content (AvgIpc) is 2.66.